The van der Waals surface area contributed by atoms with E-state index in [9.17, 15) is 9.18 Å². The standard InChI is InChI=1S/C26H23BrClFN4O2/c1-15-6-11-20(21(14-15)30-12-13-35-2)31-26(34)17-9-7-16(8-10-17)23-24(27)33-25(32-23)22-18(28)4-3-5-19(22)29/h3-11,14,30H,12-13H2,1-2H3,(H,31,34)(H,32,33). The van der Waals surface area contributed by atoms with Crippen molar-refractivity contribution < 1.29 is 13.9 Å². The van der Waals surface area contributed by atoms with E-state index in [1.54, 1.807) is 43.5 Å². The SMILES string of the molecule is COCCNc1cc(C)ccc1NC(=O)c1ccc(-c2nc(-c3c(F)cccc3Cl)[nH]c2Br)cc1. The zero-order valence-electron chi connectivity index (χ0n) is 19.1. The van der Waals surface area contributed by atoms with Gasteiger partial charge in [-0.15, -0.1) is 0 Å². The lowest BCUT2D eigenvalue weighted by atomic mass is 10.1. The van der Waals surface area contributed by atoms with Crippen LogP contribution in [0.3, 0.4) is 0 Å². The number of halogens is 3. The van der Waals surface area contributed by atoms with Gasteiger partial charge in [0.25, 0.3) is 5.91 Å². The number of hydrogen-bond donors (Lipinski definition) is 3. The van der Waals surface area contributed by atoms with Crippen LogP contribution in [-0.4, -0.2) is 36.1 Å². The average molecular weight is 558 g/mol. The van der Waals surface area contributed by atoms with E-state index in [4.69, 9.17) is 16.3 Å². The molecular weight excluding hydrogens is 535 g/mol. The van der Waals surface area contributed by atoms with Crippen LogP contribution in [0.4, 0.5) is 15.8 Å². The molecule has 180 valence electrons. The van der Waals surface area contributed by atoms with E-state index in [2.05, 4.69) is 36.5 Å². The molecule has 35 heavy (non-hydrogen) atoms. The zero-order chi connectivity index (χ0) is 24.9. The predicted molar refractivity (Wildman–Crippen MR) is 142 cm³/mol. The molecule has 0 fully saturated rings. The van der Waals surface area contributed by atoms with Gasteiger partial charge < -0.3 is 20.4 Å². The van der Waals surface area contributed by atoms with E-state index >= 15 is 0 Å². The van der Waals surface area contributed by atoms with Crippen molar-refractivity contribution in [1.29, 1.82) is 0 Å². The number of H-pyrrole nitrogens is 1. The maximum atomic E-state index is 14.3. The van der Waals surface area contributed by atoms with E-state index in [0.717, 1.165) is 16.8 Å². The van der Waals surface area contributed by atoms with Gasteiger partial charge in [-0.2, -0.15) is 0 Å². The number of rotatable bonds is 8. The third-order valence-corrected chi connectivity index (χ3v) is 6.21. The minimum atomic E-state index is -0.468. The molecule has 4 aromatic rings. The largest absolute Gasteiger partial charge is 0.383 e. The van der Waals surface area contributed by atoms with Crippen LogP contribution < -0.4 is 10.6 Å². The number of anilines is 2. The van der Waals surface area contributed by atoms with Crippen LogP contribution >= 0.6 is 27.5 Å². The molecule has 0 atom stereocenters. The number of ether oxygens (including phenoxy) is 1. The molecule has 4 rings (SSSR count). The number of methoxy groups -OCH3 is 1. The molecule has 0 aliphatic heterocycles. The Bertz CT molecular complexity index is 1340. The molecule has 0 aliphatic carbocycles. The molecule has 6 nitrogen and oxygen atoms in total. The highest BCUT2D eigenvalue weighted by Crippen LogP contribution is 2.34. The number of aromatic amines is 1. The quantitative estimate of drug-likeness (QED) is 0.206. The summed E-state index contributed by atoms with van der Waals surface area (Å²) in [4.78, 5) is 20.5. The molecule has 1 heterocycles. The number of imidazole rings is 1. The first-order valence-electron chi connectivity index (χ1n) is 10.8. The Morgan fingerprint density at radius 3 is 2.63 bits per heavy atom. The minimum Gasteiger partial charge on any atom is -0.383 e. The smallest absolute Gasteiger partial charge is 0.255 e. The van der Waals surface area contributed by atoms with E-state index < -0.39 is 5.82 Å². The summed E-state index contributed by atoms with van der Waals surface area (Å²) in [6, 6.07) is 17.3. The summed E-state index contributed by atoms with van der Waals surface area (Å²) >= 11 is 9.63. The Hall–Kier alpha value is -3.20. The highest BCUT2D eigenvalue weighted by atomic mass is 79.9. The lowest BCUT2D eigenvalue weighted by molar-refractivity contribution is 0.102. The van der Waals surface area contributed by atoms with Crippen LogP contribution in [0.5, 0.6) is 0 Å². The predicted octanol–water partition coefficient (Wildman–Crippen LogP) is 6.92. The topological polar surface area (TPSA) is 79.0 Å². The summed E-state index contributed by atoms with van der Waals surface area (Å²) in [5, 5.41) is 6.50. The number of nitrogens with one attached hydrogen (secondary N) is 3. The van der Waals surface area contributed by atoms with Crippen LogP contribution in [0.2, 0.25) is 5.02 Å². The third kappa shape index (κ3) is 5.73. The second-order valence-corrected chi connectivity index (χ2v) is 9.04. The maximum Gasteiger partial charge on any atom is 0.255 e. The summed E-state index contributed by atoms with van der Waals surface area (Å²) in [5.41, 5.74) is 4.60. The number of benzene rings is 3. The molecule has 1 aromatic heterocycles. The molecule has 1 amide bonds. The van der Waals surface area contributed by atoms with Gasteiger partial charge in [-0.3, -0.25) is 4.79 Å². The highest BCUT2D eigenvalue weighted by Gasteiger charge is 2.18. The van der Waals surface area contributed by atoms with Crippen LogP contribution in [0.25, 0.3) is 22.6 Å². The number of nitrogens with zero attached hydrogens (tertiary/aromatic N) is 1. The molecule has 9 heteroatoms. The Labute approximate surface area is 216 Å². The van der Waals surface area contributed by atoms with Gasteiger partial charge in [-0.05, 0) is 64.8 Å². The number of carbonyl (C=O) groups is 1. The van der Waals surface area contributed by atoms with Crippen molar-refractivity contribution in [1.82, 2.24) is 9.97 Å². The zero-order valence-corrected chi connectivity index (χ0v) is 21.4. The molecular formula is C26H23BrClFN4O2. The normalized spacial score (nSPS) is 10.9. The Kier molecular flexibility index (Phi) is 7.85. The van der Waals surface area contributed by atoms with Crippen LogP contribution in [0.1, 0.15) is 15.9 Å². The number of amides is 1. The van der Waals surface area contributed by atoms with Gasteiger partial charge in [0.2, 0.25) is 0 Å². The number of aromatic nitrogens is 2. The average Bonchev–Trinajstić information content (AvgIpc) is 3.21. The first-order valence-corrected chi connectivity index (χ1v) is 12.0. The fraction of sp³-hybridized carbons (Fsp3) is 0.154. The van der Waals surface area contributed by atoms with Crippen molar-refractivity contribution >= 4 is 44.8 Å². The molecule has 3 aromatic carbocycles. The fourth-order valence-corrected chi connectivity index (χ4v) is 4.32. The molecule has 0 saturated heterocycles. The number of hydrogen-bond acceptors (Lipinski definition) is 4. The van der Waals surface area contributed by atoms with Gasteiger partial charge in [0.15, 0.2) is 0 Å². The van der Waals surface area contributed by atoms with Crippen molar-refractivity contribution in [2.75, 3.05) is 30.9 Å². The summed E-state index contributed by atoms with van der Waals surface area (Å²) in [7, 11) is 1.64. The minimum absolute atomic E-state index is 0.199. The number of carbonyl (C=O) groups excluding carboxylic acids is 1. The second-order valence-electron chi connectivity index (χ2n) is 7.84. The first-order chi connectivity index (χ1) is 16.9. The van der Waals surface area contributed by atoms with Crippen molar-refractivity contribution in [3.63, 3.8) is 0 Å². The van der Waals surface area contributed by atoms with Crippen LogP contribution in [-0.2, 0) is 4.74 Å². The fourth-order valence-electron chi connectivity index (χ4n) is 3.56. The summed E-state index contributed by atoms with van der Waals surface area (Å²) in [5.74, 6) is -0.399. The van der Waals surface area contributed by atoms with Crippen molar-refractivity contribution in [2.24, 2.45) is 0 Å². The third-order valence-electron chi connectivity index (χ3n) is 5.32. The van der Waals surface area contributed by atoms with Crippen LogP contribution in [0, 0.1) is 12.7 Å². The summed E-state index contributed by atoms with van der Waals surface area (Å²) < 4.78 is 20.0. The highest BCUT2D eigenvalue weighted by molar-refractivity contribution is 9.10. The van der Waals surface area contributed by atoms with Gasteiger partial charge in [-0.1, -0.05) is 35.9 Å². The lowest BCUT2D eigenvalue weighted by Gasteiger charge is -2.14. The van der Waals surface area contributed by atoms with Gasteiger partial charge in [0.1, 0.15) is 21.9 Å². The first kappa shape index (κ1) is 24.9. The Morgan fingerprint density at radius 1 is 1.14 bits per heavy atom. The molecule has 3 N–H and O–H groups in total. The van der Waals surface area contributed by atoms with Gasteiger partial charge in [0, 0.05) is 24.8 Å². The monoisotopic (exact) mass is 556 g/mol. The molecule has 0 saturated carbocycles. The van der Waals surface area contributed by atoms with Gasteiger partial charge in [-0.25, -0.2) is 9.37 Å². The van der Waals surface area contributed by atoms with E-state index in [0.29, 0.717) is 40.5 Å². The summed E-state index contributed by atoms with van der Waals surface area (Å²) in [6.45, 7) is 3.16. The van der Waals surface area contributed by atoms with Crippen molar-refractivity contribution in [3.05, 3.63) is 87.2 Å². The van der Waals surface area contributed by atoms with E-state index in [1.165, 1.54) is 6.07 Å². The lowest BCUT2D eigenvalue weighted by Crippen LogP contribution is -2.15. The Morgan fingerprint density at radius 2 is 1.91 bits per heavy atom. The van der Waals surface area contributed by atoms with Gasteiger partial charge in [0.05, 0.1) is 28.6 Å². The molecule has 0 aliphatic rings. The summed E-state index contributed by atoms with van der Waals surface area (Å²) in [6.07, 6.45) is 0. The molecule has 0 bridgehead atoms. The van der Waals surface area contributed by atoms with Crippen LogP contribution in [0.15, 0.2) is 65.3 Å². The maximum absolute atomic E-state index is 14.3. The second kappa shape index (κ2) is 11.0. The van der Waals surface area contributed by atoms with Gasteiger partial charge >= 0.3 is 0 Å². The number of aryl methyl sites for hydroxylation is 1. The van der Waals surface area contributed by atoms with E-state index in [-0.39, 0.29) is 16.5 Å². The Balaban J connectivity index is 1.53. The van der Waals surface area contributed by atoms with Crippen molar-refractivity contribution in [3.8, 4) is 22.6 Å². The van der Waals surface area contributed by atoms with Crippen molar-refractivity contribution in [2.45, 2.75) is 6.92 Å². The molecule has 0 radical (unpaired) electrons. The van der Waals surface area contributed by atoms with E-state index in [1.807, 2.05) is 25.1 Å². The molecule has 0 spiro atoms. The molecule has 0 unspecified atom stereocenters.